The van der Waals surface area contributed by atoms with E-state index in [4.69, 9.17) is 4.74 Å². The fourth-order valence-electron chi connectivity index (χ4n) is 2.62. The predicted octanol–water partition coefficient (Wildman–Crippen LogP) is 1.16. The second-order valence-corrected chi connectivity index (χ2v) is 4.99. The molecule has 1 aromatic heterocycles. The number of fused-ring (bicyclic) bond motifs is 1. The quantitative estimate of drug-likeness (QED) is 0.908. The van der Waals surface area contributed by atoms with Crippen LogP contribution in [0.3, 0.4) is 0 Å². The van der Waals surface area contributed by atoms with Gasteiger partial charge in [0.1, 0.15) is 6.10 Å². The Labute approximate surface area is 117 Å². The molecule has 2 heterocycles. The number of nitrogens with zero attached hydrogens (tertiary/aromatic N) is 2. The highest BCUT2D eigenvalue weighted by Crippen LogP contribution is 2.19. The van der Waals surface area contributed by atoms with Crippen molar-refractivity contribution < 1.29 is 9.53 Å². The molecule has 1 atom stereocenters. The van der Waals surface area contributed by atoms with Gasteiger partial charge in [-0.05, 0) is 13.0 Å². The normalized spacial score (nSPS) is 19.4. The zero-order valence-corrected chi connectivity index (χ0v) is 11.6. The maximum Gasteiger partial charge on any atom is 0.168 e. The molecule has 20 heavy (non-hydrogen) atoms. The van der Waals surface area contributed by atoms with Crippen molar-refractivity contribution in [2.24, 2.45) is 0 Å². The molecule has 0 saturated carbocycles. The maximum atomic E-state index is 12.3. The van der Waals surface area contributed by atoms with E-state index < -0.39 is 0 Å². The van der Waals surface area contributed by atoms with E-state index in [1.165, 1.54) is 0 Å². The lowest BCUT2D eigenvalue weighted by atomic mass is 10.1. The summed E-state index contributed by atoms with van der Waals surface area (Å²) in [4.78, 5) is 12.3. The first-order valence-electron chi connectivity index (χ1n) is 7.09. The molecule has 0 aliphatic carbocycles. The van der Waals surface area contributed by atoms with Gasteiger partial charge >= 0.3 is 0 Å². The zero-order valence-electron chi connectivity index (χ0n) is 11.6. The topological polar surface area (TPSA) is 56.2 Å². The Morgan fingerprint density at radius 1 is 1.50 bits per heavy atom. The summed E-state index contributed by atoms with van der Waals surface area (Å²) < 4.78 is 7.45. The molecular formula is C15H19N3O2. The molecule has 1 fully saturated rings. The fraction of sp³-hybridized carbons (Fsp3) is 0.467. The summed E-state index contributed by atoms with van der Waals surface area (Å²) in [6.07, 6.45) is -0.00543. The van der Waals surface area contributed by atoms with Crippen molar-refractivity contribution in [3.8, 4) is 0 Å². The summed E-state index contributed by atoms with van der Waals surface area (Å²) in [5.74, 6) is 0.101. The number of carbonyl (C=O) groups excluding carboxylic acids is 1. The lowest BCUT2D eigenvalue weighted by Gasteiger charge is -2.22. The van der Waals surface area contributed by atoms with Crippen molar-refractivity contribution in [2.45, 2.75) is 26.0 Å². The monoisotopic (exact) mass is 273 g/mol. The summed E-state index contributed by atoms with van der Waals surface area (Å²) in [6.45, 7) is 4.87. The number of aromatic nitrogens is 2. The zero-order chi connectivity index (χ0) is 13.9. The molecule has 5 nitrogen and oxygen atoms in total. The third-order valence-corrected chi connectivity index (χ3v) is 3.66. The lowest BCUT2D eigenvalue weighted by Crippen LogP contribution is -2.43. The first kappa shape index (κ1) is 13.3. The number of carbonyl (C=O) groups is 1. The van der Waals surface area contributed by atoms with E-state index in [1.807, 2.05) is 28.9 Å². The third kappa shape index (κ3) is 2.46. The number of rotatable bonds is 4. The van der Waals surface area contributed by atoms with E-state index in [0.717, 1.165) is 29.7 Å². The first-order valence-corrected chi connectivity index (χ1v) is 7.09. The van der Waals surface area contributed by atoms with E-state index in [9.17, 15) is 4.79 Å². The minimum Gasteiger partial charge on any atom is -0.368 e. The molecule has 2 aromatic rings. The van der Waals surface area contributed by atoms with Crippen molar-refractivity contribution >= 4 is 16.7 Å². The number of ketones is 1. The van der Waals surface area contributed by atoms with Crippen LogP contribution in [0.2, 0.25) is 0 Å². The van der Waals surface area contributed by atoms with E-state index in [-0.39, 0.29) is 11.9 Å². The average Bonchev–Trinajstić information content (AvgIpc) is 2.86. The largest absolute Gasteiger partial charge is 0.368 e. The molecule has 0 bridgehead atoms. The summed E-state index contributed by atoms with van der Waals surface area (Å²) in [5, 5.41) is 8.81. The van der Waals surface area contributed by atoms with Crippen molar-refractivity contribution in [2.75, 3.05) is 19.7 Å². The number of aryl methyl sites for hydroxylation is 1. The van der Waals surface area contributed by atoms with Gasteiger partial charge in [0, 0.05) is 25.0 Å². The highest BCUT2D eigenvalue weighted by molar-refractivity contribution is 5.90. The first-order chi connectivity index (χ1) is 9.79. The lowest BCUT2D eigenvalue weighted by molar-refractivity contribution is -0.131. The number of hydrogen-bond acceptors (Lipinski definition) is 4. The molecule has 0 spiro atoms. The second-order valence-electron chi connectivity index (χ2n) is 4.99. The third-order valence-electron chi connectivity index (χ3n) is 3.66. The highest BCUT2D eigenvalue weighted by Gasteiger charge is 2.23. The van der Waals surface area contributed by atoms with Crippen LogP contribution < -0.4 is 5.32 Å². The maximum absolute atomic E-state index is 12.3. The van der Waals surface area contributed by atoms with Gasteiger partial charge in [-0.25, -0.2) is 0 Å². The standard InChI is InChI=1S/C15H19N3O2/c1-2-18-13-6-4-3-5-11(13)12(17-18)9-14(19)15-10-16-7-8-20-15/h3-6,15-16H,2,7-10H2,1H3. The van der Waals surface area contributed by atoms with Crippen LogP contribution >= 0.6 is 0 Å². The van der Waals surface area contributed by atoms with Crippen LogP contribution in [-0.4, -0.2) is 41.4 Å². The van der Waals surface area contributed by atoms with Gasteiger partial charge in [-0.15, -0.1) is 0 Å². The summed E-state index contributed by atoms with van der Waals surface area (Å²) >= 11 is 0. The van der Waals surface area contributed by atoms with Gasteiger partial charge in [-0.1, -0.05) is 18.2 Å². The molecule has 0 radical (unpaired) electrons. The fourth-order valence-corrected chi connectivity index (χ4v) is 2.62. The van der Waals surface area contributed by atoms with Crippen LogP contribution in [0.1, 0.15) is 12.6 Å². The van der Waals surface area contributed by atoms with Crippen LogP contribution in [0, 0.1) is 0 Å². The molecule has 1 unspecified atom stereocenters. The van der Waals surface area contributed by atoms with Crippen molar-refractivity contribution in [1.82, 2.24) is 15.1 Å². The van der Waals surface area contributed by atoms with E-state index in [1.54, 1.807) is 0 Å². The van der Waals surface area contributed by atoms with Crippen molar-refractivity contribution in [3.05, 3.63) is 30.0 Å². The molecule has 1 N–H and O–H groups in total. The van der Waals surface area contributed by atoms with Gasteiger partial charge in [-0.3, -0.25) is 9.48 Å². The van der Waals surface area contributed by atoms with Gasteiger partial charge in [0.25, 0.3) is 0 Å². The van der Waals surface area contributed by atoms with Crippen molar-refractivity contribution in [1.29, 1.82) is 0 Å². The van der Waals surface area contributed by atoms with E-state index >= 15 is 0 Å². The number of morpholine rings is 1. The smallest absolute Gasteiger partial charge is 0.168 e. The van der Waals surface area contributed by atoms with Crippen LogP contribution in [-0.2, 0) is 22.5 Å². The SMILES string of the molecule is CCn1nc(CC(=O)C2CNCCO2)c2ccccc21. The van der Waals surface area contributed by atoms with Gasteiger partial charge in [-0.2, -0.15) is 5.10 Å². The average molecular weight is 273 g/mol. The number of Topliss-reactive ketones (excluding diaryl/α,β-unsaturated/α-hetero) is 1. The number of benzene rings is 1. The summed E-state index contributed by atoms with van der Waals surface area (Å²) in [6, 6.07) is 8.04. The molecule has 0 amide bonds. The van der Waals surface area contributed by atoms with Gasteiger partial charge in [0.15, 0.2) is 5.78 Å². The number of ether oxygens (including phenoxy) is 1. The molecule has 106 valence electrons. The molecular weight excluding hydrogens is 254 g/mol. The minimum absolute atomic E-state index is 0.101. The van der Waals surface area contributed by atoms with Crippen LogP contribution in [0.25, 0.3) is 10.9 Å². The molecule has 5 heteroatoms. The Kier molecular flexibility index (Phi) is 3.80. The van der Waals surface area contributed by atoms with Gasteiger partial charge < -0.3 is 10.1 Å². The molecule has 1 aliphatic rings. The van der Waals surface area contributed by atoms with Crippen molar-refractivity contribution in [3.63, 3.8) is 0 Å². The minimum atomic E-state index is -0.339. The van der Waals surface area contributed by atoms with Gasteiger partial charge in [0.2, 0.25) is 0 Å². The highest BCUT2D eigenvalue weighted by atomic mass is 16.5. The van der Waals surface area contributed by atoms with E-state index in [2.05, 4.69) is 17.3 Å². The molecule has 3 rings (SSSR count). The van der Waals surface area contributed by atoms with Crippen LogP contribution in [0.15, 0.2) is 24.3 Å². The predicted molar refractivity (Wildman–Crippen MR) is 76.7 cm³/mol. The number of hydrogen-bond donors (Lipinski definition) is 1. The molecule has 1 saturated heterocycles. The Hall–Kier alpha value is -1.72. The van der Waals surface area contributed by atoms with E-state index in [0.29, 0.717) is 19.6 Å². The molecule has 1 aliphatic heterocycles. The second kappa shape index (κ2) is 5.73. The molecule has 1 aromatic carbocycles. The Bertz CT molecular complexity index is 615. The van der Waals surface area contributed by atoms with Gasteiger partial charge in [0.05, 0.1) is 24.2 Å². The Morgan fingerprint density at radius 3 is 3.10 bits per heavy atom. The summed E-state index contributed by atoms with van der Waals surface area (Å²) in [5.41, 5.74) is 1.93. The number of para-hydroxylation sites is 1. The summed E-state index contributed by atoms with van der Waals surface area (Å²) in [7, 11) is 0. The Morgan fingerprint density at radius 2 is 2.35 bits per heavy atom. The number of nitrogens with one attached hydrogen (secondary N) is 1. The van der Waals surface area contributed by atoms with Crippen LogP contribution in [0.4, 0.5) is 0 Å². The van der Waals surface area contributed by atoms with Crippen LogP contribution in [0.5, 0.6) is 0 Å². The Balaban J connectivity index is 1.85.